The summed E-state index contributed by atoms with van der Waals surface area (Å²) in [6, 6.07) is 11.3. The van der Waals surface area contributed by atoms with Crippen LogP contribution in [0.15, 0.2) is 42.5 Å². The lowest BCUT2D eigenvalue weighted by Crippen LogP contribution is -2.50. The number of para-hydroxylation sites is 2. The van der Waals surface area contributed by atoms with Crippen LogP contribution in [-0.2, 0) is 4.79 Å². The van der Waals surface area contributed by atoms with Crippen molar-refractivity contribution in [3.8, 4) is 11.5 Å². The number of nitro groups is 1. The Morgan fingerprint density at radius 2 is 1.77 bits per heavy atom. The highest BCUT2D eigenvalue weighted by Gasteiger charge is 2.28. The number of nitro benzene ring substituents is 1. The number of hydrogen-bond donors (Lipinski definition) is 2. The zero-order valence-electron chi connectivity index (χ0n) is 16.7. The van der Waals surface area contributed by atoms with E-state index in [4.69, 9.17) is 9.47 Å². The molecule has 1 saturated heterocycles. The summed E-state index contributed by atoms with van der Waals surface area (Å²) in [5, 5.41) is 11.6. The largest absolute Gasteiger partial charge is 0.485 e. The fourth-order valence-corrected chi connectivity index (χ4v) is 3.63. The van der Waals surface area contributed by atoms with Gasteiger partial charge in [-0.2, -0.15) is 0 Å². The third kappa shape index (κ3) is 4.52. The van der Waals surface area contributed by atoms with Crippen molar-refractivity contribution in [3.63, 3.8) is 0 Å². The van der Waals surface area contributed by atoms with Crippen LogP contribution >= 0.6 is 0 Å². The van der Waals surface area contributed by atoms with E-state index in [0.29, 0.717) is 17.2 Å². The number of carbonyl (C=O) groups is 2. The average molecular weight is 426 g/mol. The molecule has 162 valence electrons. The highest BCUT2D eigenvalue weighted by Crippen LogP contribution is 2.32. The van der Waals surface area contributed by atoms with Crippen LogP contribution in [0, 0.1) is 10.1 Å². The number of ether oxygens (including phenoxy) is 2. The van der Waals surface area contributed by atoms with Crippen LogP contribution in [-0.4, -0.2) is 42.5 Å². The Hall–Kier alpha value is -3.82. The molecule has 0 aliphatic carbocycles. The van der Waals surface area contributed by atoms with Gasteiger partial charge in [0.25, 0.3) is 17.5 Å². The molecule has 2 amide bonds. The molecule has 2 aliphatic rings. The number of anilines is 1. The number of amides is 2. The molecular formula is C21H22N4O6. The molecule has 4 rings (SSSR count). The summed E-state index contributed by atoms with van der Waals surface area (Å²) in [6.45, 7) is 1.48. The van der Waals surface area contributed by atoms with Crippen molar-refractivity contribution in [2.24, 2.45) is 0 Å². The zero-order chi connectivity index (χ0) is 21.8. The van der Waals surface area contributed by atoms with E-state index in [1.807, 2.05) is 4.90 Å². The molecule has 0 radical (unpaired) electrons. The second-order valence-corrected chi connectivity index (χ2v) is 7.32. The molecule has 1 atom stereocenters. The van der Waals surface area contributed by atoms with Crippen molar-refractivity contribution in [2.45, 2.75) is 25.4 Å². The number of fused-ring (bicyclic) bond motifs is 1. The first-order valence-corrected chi connectivity index (χ1v) is 10.0. The maximum atomic E-state index is 12.5. The van der Waals surface area contributed by atoms with Crippen molar-refractivity contribution in [3.05, 3.63) is 58.1 Å². The molecule has 0 aromatic heterocycles. The number of piperidine rings is 1. The van der Waals surface area contributed by atoms with E-state index in [1.54, 1.807) is 30.3 Å². The Morgan fingerprint density at radius 3 is 2.52 bits per heavy atom. The van der Waals surface area contributed by atoms with Crippen molar-refractivity contribution >= 4 is 23.2 Å². The van der Waals surface area contributed by atoms with Crippen LogP contribution in [0.3, 0.4) is 0 Å². The molecular weight excluding hydrogens is 404 g/mol. The van der Waals surface area contributed by atoms with E-state index < -0.39 is 22.8 Å². The number of carbonyl (C=O) groups excluding carboxylic acids is 2. The number of hydrazine groups is 1. The minimum Gasteiger partial charge on any atom is -0.485 e. The fraction of sp³-hybridized carbons (Fsp3) is 0.333. The molecule has 31 heavy (non-hydrogen) atoms. The SMILES string of the molecule is O=C(NNC(=O)[C@@H]1COc2ccccc2O1)c1ccc(N2CCCCC2)c([N+](=O)[O-])c1. The summed E-state index contributed by atoms with van der Waals surface area (Å²) < 4.78 is 11.1. The van der Waals surface area contributed by atoms with Gasteiger partial charge >= 0.3 is 0 Å². The number of nitrogens with one attached hydrogen (secondary N) is 2. The smallest absolute Gasteiger partial charge is 0.293 e. The monoisotopic (exact) mass is 426 g/mol. The predicted octanol–water partition coefficient (Wildman–Crippen LogP) is 2.19. The van der Waals surface area contributed by atoms with E-state index in [-0.39, 0.29) is 17.9 Å². The van der Waals surface area contributed by atoms with Gasteiger partial charge in [0.15, 0.2) is 11.5 Å². The summed E-state index contributed by atoms with van der Waals surface area (Å²) in [7, 11) is 0. The summed E-state index contributed by atoms with van der Waals surface area (Å²) >= 11 is 0. The Bertz CT molecular complexity index is 1010. The van der Waals surface area contributed by atoms with Gasteiger partial charge in [-0.05, 0) is 43.5 Å². The van der Waals surface area contributed by atoms with E-state index in [0.717, 1.165) is 32.4 Å². The van der Waals surface area contributed by atoms with Crippen molar-refractivity contribution < 1.29 is 24.0 Å². The van der Waals surface area contributed by atoms with Crippen LogP contribution in [0.4, 0.5) is 11.4 Å². The van der Waals surface area contributed by atoms with Crippen LogP contribution in [0.5, 0.6) is 11.5 Å². The lowest BCUT2D eigenvalue weighted by molar-refractivity contribution is -0.384. The van der Waals surface area contributed by atoms with Gasteiger partial charge in [-0.15, -0.1) is 0 Å². The lowest BCUT2D eigenvalue weighted by Gasteiger charge is -2.28. The maximum Gasteiger partial charge on any atom is 0.293 e. The molecule has 2 aliphatic heterocycles. The highest BCUT2D eigenvalue weighted by atomic mass is 16.6. The molecule has 2 aromatic carbocycles. The summed E-state index contributed by atoms with van der Waals surface area (Å²) in [4.78, 5) is 37.8. The Kier molecular flexibility index (Phi) is 5.87. The van der Waals surface area contributed by atoms with Crippen LogP contribution in [0.2, 0.25) is 0 Å². The molecule has 2 heterocycles. The molecule has 10 heteroatoms. The van der Waals surface area contributed by atoms with Crippen molar-refractivity contribution in [2.75, 3.05) is 24.6 Å². The number of rotatable bonds is 4. The van der Waals surface area contributed by atoms with Crippen LogP contribution < -0.4 is 25.2 Å². The Labute approximate surface area is 178 Å². The maximum absolute atomic E-state index is 12.5. The molecule has 0 saturated carbocycles. The molecule has 2 N–H and O–H groups in total. The first kappa shape index (κ1) is 20.5. The average Bonchev–Trinajstić information content (AvgIpc) is 2.82. The third-order valence-corrected chi connectivity index (χ3v) is 5.23. The lowest BCUT2D eigenvalue weighted by atomic mass is 10.1. The number of hydrogen-bond acceptors (Lipinski definition) is 7. The molecule has 1 fully saturated rings. The minimum atomic E-state index is -0.939. The standard InChI is InChI=1S/C21H22N4O6/c26-20(22-23-21(27)19-13-30-17-6-2-3-7-18(17)31-19)14-8-9-15(16(12-14)25(28)29)24-10-4-1-5-11-24/h2-3,6-9,12,19H,1,4-5,10-11,13H2,(H,22,26)(H,23,27)/t19-/m0/s1. The van der Waals surface area contributed by atoms with Gasteiger partial charge in [0.05, 0.1) is 4.92 Å². The Morgan fingerprint density at radius 1 is 1.03 bits per heavy atom. The second kappa shape index (κ2) is 8.90. The molecule has 0 bridgehead atoms. The molecule has 0 spiro atoms. The van der Waals surface area contributed by atoms with E-state index in [9.17, 15) is 19.7 Å². The first-order valence-electron chi connectivity index (χ1n) is 10.0. The number of nitrogens with zero attached hydrogens (tertiary/aromatic N) is 2. The molecule has 0 unspecified atom stereocenters. The van der Waals surface area contributed by atoms with E-state index in [1.165, 1.54) is 12.1 Å². The number of benzene rings is 2. The van der Waals surface area contributed by atoms with Crippen LogP contribution in [0.25, 0.3) is 0 Å². The molecule has 2 aromatic rings. The normalized spacial score (nSPS) is 17.5. The third-order valence-electron chi connectivity index (χ3n) is 5.23. The summed E-state index contributed by atoms with van der Waals surface area (Å²) in [6.07, 6.45) is 2.11. The van der Waals surface area contributed by atoms with Gasteiger partial charge in [-0.3, -0.25) is 30.6 Å². The molecule has 10 nitrogen and oxygen atoms in total. The minimum absolute atomic E-state index is 0.00524. The quantitative estimate of drug-likeness (QED) is 0.567. The van der Waals surface area contributed by atoms with Gasteiger partial charge < -0.3 is 14.4 Å². The predicted molar refractivity (Wildman–Crippen MR) is 111 cm³/mol. The van der Waals surface area contributed by atoms with Gasteiger partial charge in [-0.25, -0.2) is 0 Å². The summed E-state index contributed by atoms with van der Waals surface area (Å²) in [5.41, 5.74) is 4.99. The van der Waals surface area contributed by atoms with Crippen molar-refractivity contribution in [1.29, 1.82) is 0 Å². The van der Waals surface area contributed by atoms with Crippen LogP contribution in [0.1, 0.15) is 29.6 Å². The van der Waals surface area contributed by atoms with Gasteiger partial charge in [0.2, 0.25) is 6.10 Å². The topological polar surface area (TPSA) is 123 Å². The van der Waals surface area contributed by atoms with E-state index >= 15 is 0 Å². The van der Waals surface area contributed by atoms with E-state index in [2.05, 4.69) is 10.9 Å². The summed E-state index contributed by atoms with van der Waals surface area (Å²) in [5.74, 6) is -0.290. The Balaban J connectivity index is 1.40. The van der Waals surface area contributed by atoms with Gasteiger partial charge in [0, 0.05) is 24.7 Å². The zero-order valence-corrected chi connectivity index (χ0v) is 16.7. The fourth-order valence-electron chi connectivity index (χ4n) is 3.63. The second-order valence-electron chi connectivity index (χ2n) is 7.32. The highest BCUT2D eigenvalue weighted by molar-refractivity contribution is 5.97. The van der Waals surface area contributed by atoms with Gasteiger partial charge in [-0.1, -0.05) is 12.1 Å². The van der Waals surface area contributed by atoms with Crippen molar-refractivity contribution in [1.82, 2.24) is 10.9 Å². The van der Waals surface area contributed by atoms with Gasteiger partial charge in [0.1, 0.15) is 12.3 Å². The first-order chi connectivity index (χ1) is 15.0.